The molecule has 1 unspecified atom stereocenters. The standard InChI is InChI=1S/C22H27BrO4/c1-2-3-4-10-18(27-16-17-9-5-7-12-20(17)23)14-15-26-21-13-8-6-11-19(21)22(24)25/h5-9,11-13,18H,2-4,10,14-16H2,1H3,(H,24,25). The molecule has 2 aromatic carbocycles. The number of hydrogen-bond donors (Lipinski definition) is 1. The number of benzene rings is 2. The molecule has 27 heavy (non-hydrogen) atoms. The topological polar surface area (TPSA) is 55.8 Å². The number of halogens is 1. The van der Waals surface area contributed by atoms with Crippen molar-refractivity contribution in [3.05, 3.63) is 64.1 Å². The van der Waals surface area contributed by atoms with Gasteiger partial charge in [0.25, 0.3) is 0 Å². The minimum atomic E-state index is -0.977. The van der Waals surface area contributed by atoms with Crippen molar-refractivity contribution < 1.29 is 19.4 Å². The molecule has 0 aliphatic heterocycles. The van der Waals surface area contributed by atoms with Crippen molar-refractivity contribution in [3.63, 3.8) is 0 Å². The highest BCUT2D eigenvalue weighted by molar-refractivity contribution is 9.10. The van der Waals surface area contributed by atoms with Gasteiger partial charge >= 0.3 is 5.97 Å². The van der Waals surface area contributed by atoms with Crippen molar-refractivity contribution in [2.45, 2.75) is 51.7 Å². The normalized spacial score (nSPS) is 11.9. The predicted molar refractivity (Wildman–Crippen MR) is 110 cm³/mol. The number of hydrogen-bond acceptors (Lipinski definition) is 3. The van der Waals surface area contributed by atoms with Gasteiger partial charge < -0.3 is 14.6 Å². The molecular formula is C22H27BrO4. The first kappa shape index (κ1) is 21.5. The average molecular weight is 435 g/mol. The van der Waals surface area contributed by atoms with Gasteiger partial charge in [-0.2, -0.15) is 0 Å². The molecule has 2 aromatic rings. The van der Waals surface area contributed by atoms with Crippen LogP contribution in [-0.2, 0) is 11.3 Å². The van der Waals surface area contributed by atoms with E-state index >= 15 is 0 Å². The molecule has 146 valence electrons. The van der Waals surface area contributed by atoms with Gasteiger partial charge in [-0.3, -0.25) is 0 Å². The van der Waals surface area contributed by atoms with Gasteiger partial charge in [-0.15, -0.1) is 0 Å². The summed E-state index contributed by atoms with van der Waals surface area (Å²) < 4.78 is 12.9. The van der Waals surface area contributed by atoms with Crippen molar-refractivity contribution in [3.8, 4) is 5.75 Å². The molecule has 1 atom stereocenters. The van der Waals surface area contributed by atoms with Crippen LogP contribution in [0.25, 0.3) is 0 Å². The van der Waals surface area contributed by atoms with E-state index in [1.54, 1.807) is 24.3 Å². The second-order valence-electron chi connectivity index (χ2n) is 6.46. The van der Waals surface area contributed by atoms with E-state index in [1.807, 2.05) is 24.3 Å². The molecule has 4 nitrogen and oxygen atoms in total. The van der Waals surface area contributed by atoms with Gasteiger partial charge in [0.1, 0.15) is 11.3 Å². The third-order valence-electron chi connectivity index (χ3n) is 4.38. The lowest BCUT2D eigenvalue weighted by atomic mass is 10.1. The summed E-state index contributed by atoms with van der Waals surface area (Å²) in [5.41, 5.74) is 1.31. The fraction of sp³-hybridized carbons (Fsp3) is 0.409. The Hall–Kier alpha value is -1.85. The van der Waals surface area contributed by atoms with E-state index < -0.39 is 5.97 Å². The van der Waals surface area contributed by atoms with Crippen molar-refractivity contribution >= 4 is 21.9 Å². The number of rotatable bonds is 12. The number of carboxylic acids is 1. The van der Waals surface area contributed by atoms with Crippen LogP contribution in [0.5, 0.6) is 5.75 Å². The molecule has 0 amide bonds. The first-order valence-electron chi connectivity index (χ1n) is 9.42. The molecular weight excluding hydrogens is 408 g/mol. The Morgan fingerprint density at radius 3 is 2.56 bits per heavy atom. The van der Waals surface area contributed by atoms with Crippen molar-refractivity contribution in [2.75, 3.05) is 6.61 Å². The molecule has 0 spiro atoms. The first-order valence-corrected chi connectivity index (χ1v) is 10.2. The Bertz CT molecular complexity index is 717. The molecule has 0 saturated heterocycles. The van der Waals surface area contributed by atoms with E-state index in [9.17, 15) is 9.90 Å². The fourth-order valence-electron chi connectivity index (χ4n) is 2.83. The monoisotopic (exact) mass is 434 g/mol. The van der Waals surface area contributed by atoms with E-state index in [4.69, 9.17) is 9.47 Å². The number of ether oxygens (including phenoxy) is 2. The summed E-state index contributed by atoms with van der Waals surface area (Å²) in [5, 5.41) is 9.24. The zero-order valence-electron chi connectivity index (χ0n) is 15.7. The van der Waals surface area contributed by atoms with Gasteiger partial charge in [0, 0.05) is 10.9 Å². The third kappa shape index (κ3) is 7.35. The summed E-state index contributed by atoms with van der Waals surface area (Å²) in [4.78, 5) is 11.3. The molecule has 0 aromatic heterocycles. The molecule has 0 saturated carbocycles. The van der Waals surface area contributed by atoms with E-state index in [2.05, 4.69) is 22.9 Å². The number of aromatic carboxylic acids is 1. The highest BCUT2D eigenvalue weighted by atomic mass is 79.9. The Labute approximate surface area is 169 Å². The summed E-state index contributed by atoms with van der Waals surface area (Å²) in [6.07, 6.45) is 5.24. The zero-order chi connectivity index (χ0) is 19.5. The van der Waals surface area contributed by atoms with Gasteiger partial charge in [-0.1, -0.05) is 72.4 Å². The fourth-order valence-corrected chi connectivity index (χ4v) is 3.22. The van der Waals surface area contributed by atoms with Crippen LogP contribution >= 0.6 is 15.9 Å². The Morgan fingerprint density at radius 1 is 1.07 bits per heavy atom. The zero-order valence-corrected chi connectivity index (χ0v) is 17.3. The van der Waals surface area contributed by atoms with Gasteiger partial charge in [0.2, 0.25) is 0 Å². The van der Waals surface area contributed by atoms with E-state index in [0.717, 1.165) is 29.3 Å². The van der Waals surface area contributed by atoms with Gasteiger partial charge in [0.15, 0.2) is 0 Å². The van der Waals surface area contributed by atoms with Gasteiger partial charge in [-0.25, -0.2) is 4.79 Å². The van der Waals surface area contributed by atoms with Crippen LogP contribution in [0.15, 0.2) is 53.0 Å². The maximum absolute atomic E-state index is 11.3. The summed E-state index contributed by atoms with van der Waals surface area (Å²) in [5.74, 6) is -0.571. The minimum Gasteiger partial charge on any atom is -0.493 e. The second-order valence-corrected chi connectivity index (χ2v) is 7.31. The molecule has 2 rings (SSSR count). The van der Waals surface area contributed by atoms with Crippen LogP contribution in [-0.4, -0.2) is 23.8 Å². The molecule has 0 fully saturated rings. The van der Waals surface area contributed by atoms with Crippen LogP contribution in [0.1, 0.15) is 54.9 Å². The van der Waals surface area contributed by atoms with Crippen molar-refractivity contribution in [2.24, 2.45) is 0 Å². The number of carbonyl (C=O) groups is 1. The molecule has 0 heterocycles. The SMILES string of the molecule is CCCCCC(CCOc1ccccc1C(=O)O)OCc1ccccc1Br. The smallest absolute Gasteiger partial charge is 0.339 e. The third-order valence-corrected chi connectivity index (χ3v) is 5.15. The van der Waals surface area contributed by atoms with Crippen LogP contribution in [0.4, 0.5) is 0 Å². The van der Waals surface area contributed by atoms with Crippen LogP contribution in [0.2, 0.25) is 0 Å². The molecule has 0 aliphatic rings. The van der Waals surface area contributed by atoms with Crippen LogP contribution in [0, 0.1) is 0 Å². The quantitative estimate of drug-likeness (QED) is 0.411. The van der Waals surface area contributed by atoms with Crippen molar-refractivity contribution in [1.82, 2.24) is 0 Å². The number of para-hydroxylation sites is 1. The Kier molecular flexibility index (Phi) is 9.36. The summed E-state index contributed by atoms with van der Waals surface area (Å²) in [6, 6.07) is 14.8. The van der Waals surface area contributed by atoms with E-state index in [1.165, 1.54) is 12.8 Å². The summed E-state index contributed by atoms with van der Waals surface area (Å²) >= 11 is 3.55. The maximum atomic E-state index is 11.3. The molecule has 1 N–H and O–H groups in total. The molecule has 0 radical (unpaired) electrons. The first-order chi connectivity index (χ1) is 13.1. The van der Waals surface area contributed by atoms with Crippen LogP contribution < -0.4 is 4.74 Å². The predicted octanol–water partition coefficient (Wildman–Crippen LogP) is 6.08. The highest BCUT2D eigenvalue weighted by Gasteiger charge is 2.13. The van der Waals surface area contributed by atoms with E-state index in [-0.39, 0.29) is 11.7 Å². The Morgan fingerprint density at radius 2 is 1.81 bits per heavy atom. The number of carboxylic acid groups (broad SMARTS) is 1. The lowest BCUT2D eigenvalue weighted by Crippen LogP contribution is -2.17. The highest BCUT2D eigenvalue weighted by Crippen LogP contribution is 2.21. The Balaban J connectivity index is 1.90. The summed E-state index contributed by atoms with van der Waals surface area (Å²) in [7, 11) is 0. The molecule has 5 heteroatoms. The van der Waals surface area contributed by atoms with Crippen molar-refractivity contribution in [1.29, 1.82) is 0 Å². The maximum Gasteiger partial charge on any atom is 0.339 e. The van der Waals surface area contributed by atoms with Gasteiger partial charge in [0.05, 0.1) is 19.3 Å². The number of unbranched alkanes of at least 4 members (excludes halogenated alkanes) is 2. The molecule has 0 bridgehead atoms. The van der Waals surface area contributed by atoms with Crippen LogP contribution in [0.3, 0.4) is 0 Å². The lowest BCUT2D eigenvalue weighted by Gasteiger charge is -2.19. The molecule has 0 aliphatic carbocycles. The largest absolute Gasteiger partial charge is 0.493 e. The second kappa shape index (κ2) is 11.8. The average Bonchev–Trinajstić information content (AvgIpc) is 2.67. The van der Waals surface area contributed by atoms with E-state index in [0.29, 0.717) is 19.0 Å². The van der Waals surface area contributed by atoms with Gasteiger partial charge in [-0.05, 0) is 30.2 Å². The minimum absolute atomic E-state index is 0.0839. The summed E-state index contributed by atoms with van der Waals surface area (Å²) in [6.45, 7) is 3.16. The lowest BCUT2D eigenvalue weighted by molar-refractivity contribution is 0.0193.